The molecule has 0 spiro atoms. The zero-order valence-corrected chi connectivity index (χ0v) is 14.3. The summed E-state index contributed by atoms with van der Waals surface area (Å²) >= 11 is 3.47. The summed E-state index contributed by atoms with van der Waals surface area (Å²) in [6.45, 7) is 8.17. The predicted octanol–water partition coefficient (Wildman–Crippen LogP) is 3.79. The number of nitrogens with one attached hydrogen (secondary N) is 2. The third kappa shape index (κ3) is 5.25. The second-order valence-electron chi connectivity index (χ2n) is 5.19. The number of rotatable bonds is 7. The third-order valence-corrected chi connectivity index (χ3v) is 4.07. The SMILES string of the molecule is CCC(CC)NC(=O)C(C)N[C@@H](C)c1cccc(Br)c1. The maximum absolute atomic E-state index is 12.1. The summed E-state index contributed by atoms with van der Waals surface area (Å²) in [5, 5.41) is 6.42. The Balaban J connectivity index is 2.56. The summed E-state index contributed by atoms with van der Waals surface area (Å²) in [7, 11) is 0. The van der Waals surface area contributed by atoms with Crippen LogP contribution in [0.15, 0.2) is 28.7 Å². The van der Waals surface area contributed by atoms with Crippen LogP contribution in [0.3, 0.4) is 0 Å². The Morgan fingerprint density at radius 2 is 1.90 bits per heavy atom. The standard InChI is InChI=1S/C16H25BrN2O/c1-5-15(6-2)19-16(20)12(4)18-11(3)13-8-7-9-14(17)10-13/h7-12,15,18H,5-6H2,1-4H3,(H,19,20)/t11-,12?/m0/s1. The van der Waals surface area contributed by atoms with Crippen LogP contribution in [0.25, 0.3) is 0 Å². The Kier molecular flexibility index (Phi) is 7.24. The van der Waals surface area contributed by atoms with E-state index in [1.807, 2.05) is 19.1 Å². The Morgan fingerprint density at radius 1 is 1.25 bits per heavy atom. The van der Waals surface area contributed by atoms with Crippen molar-refractivity contribution in [1.29, 1.82) is 0 Å². The fourth-order valence-electron chi connectivity index (χ4n) is 2.14. The van der Waals surface area contributed by atoms with Gasteiger partial charge in [-0.1, -0.05) is 41.9 Å². The van der Waals surface area contributed by atoms with E-state index < -0.39 is 0 Å². The molecule has 0 aromatic heterocycles. The van der Waals surface area contributed by atoms with Gasteiger partial charge in [0, 0.05) is 16.6 Å². The van der Waals surface area contributed by atoms with Crippen molar-refractivity contribution in [2.75, 3.05) is 0 Å². The van der Waals surface area contributed by atoms with Gasteiger partial charge >= 0.3 is 0 Å². The first-order chi connectivity index (χ1) is 9.47. The van der Waals surface area contributed by atoms with Gasteiger partial charge in [0.05, 0.1) is 6.04 Å². The van der Waals surface area contributed by atoms with Crippen LogP contribution in [0.1, 0.15) is 52.1 Å². The van der Waals surface area contributed by atoms with Gasteiger partial charge < -0.3 is 5.32 Å². The highest BCUT2D eigenvalue weighted by molar-refractivity contribution is 9.10. The summed E-state index contributed by atoms with van der Waals surface area (Å²) in [6.07, 6.45) is 1.94. The zero-order chi connectivity index (χ0) is 15.1. The summed E-state index contributed by atoms with van der Waals surface area (Å²) < 4.78 is 1.05. The number of amides is 1. The molecule has 3 nitrogen and oxygen atoms in total. The number of hydrogen-bond donors (Lipinski definition) is 2. The lowest BCUT2D eigenvalue weighted by Crippen LogP contribution is -2.46. The average molecular weight is 341 g/mol. The molecule has 2 N–H and O–H groups in total. The van der Waals surface area contributed by atoms with Crippen LogP contribution in [0, 0.1) is 0 Å². The number of carbonyl (C=O) groups is 1. The fraction of sp³-hybridized carbons (Fsp3) is 0.562. The van der Waals surface area contributed by atoms with Crippen molar-refractivity contribution in [2.24, 2.45) is 0 Å². The first-order valence-corrected chi connectivity index (χ1v) is 8.09. The van der Waals surface area contributed by atoms with Crippen LogP contribution in [-0.4, -0.2) is 18.0 Å². The smallest absolute Gasteiger partial charge is 0.237 e. The highest BCUT2D eigenvalue weighted by Gasteiger charge is 2.18. The minimum absolute atomic E-state index is 0.0700. The monoisotopic (exact) mass is 340 g/mol. The van der Waals surface area contributed by atoms with E-state index >= 15 is 0 Å². The van der Waals surface area contributed by atoms with Crippen molar-refractivity contribution in [3.63, 3.8) is 0 Å². The first-order valence-electron chi connectivity index (χ1n) is 7.29. The van der Waals surface area contributed by atoms with Crippen molar-refractivity contribution in [2.45, 2.75) is 58.7 Å². The minimum atomic E-state index is -0.204. The van der Waals surface area contributed by atoms with Crippen molar-refractivity contribution < 1.29 is 4.79 Å². The summed E-state index contributed by atoms with van der Waals surface area (Å²) in [6, 6.07) is 8.34. The molecule has 20 heavy (non-hydrogen) atoms. The lowest BCUT2D eigenvalue weighted by Gasteiger charge is -2.22. The van der Waals surface area contributed by atoms with E-state index in [1.54, 1.807) is 0 Å². The normalized spacial score (nSPS) is 14.1. The molecule has 0 aliphatic carbocycles. The second kappa shape index (κ2) is 8.42. The topological polar surface area (TPSA) is 41.1 Å². The molecular weight excluding hydrogens is 316 g/mol. The van der Waals surface area contributed by atoms with Gasteiger partial charge in [-0.2, -0.15) is 0 Å². The molecule has 0 saturated heterocycles. The minimum Gasteiger partial charge on any atom is -0.352 e. The highest BCUT2D eigenvalue weighted by Crippen LogP contribution is 2.18. The molecule has 112 valence electrons. The van der Waals surface area contributed by atoms with Gasteiger partial charge in [-0.25, -0.2) is 0 Å². The van der Waals surface area contributed by atoms with E-state index in [0.717, 1.165) is 17.3 Å². The molecule has 2 atom stereocenters. The maximum atomic E-state index is 12.1. The van der Waals surface area contributed by atoms with Crippen molar-refractivity contribution >= 4 is 21.8 Å². The molecule has 0 aliphatic rings. The number of hydrogen-bond acceptors (Lipinski definition) is 2. The average Bonchev–Trinajstić information content (AvgIpc) is 2.44. The van der Waals surface area contributed by atoms with Gasteiger partial charge in [0.1, 0.15) is 0 Å². The van der Waals surface area contributed by atoms with Crippen molar-refractivity contribution in [3.05, 3.63) is 34.3 Å². The molecule has 0 radical (unpaired) electrons. The van der Waals surface area contributed by atoms with Crippen LogP contribution in [0.4, 0.5) is 0 Å². The Morgan fingerprint density at radius 3 is 2.45 bits per heavy atom. The van der Waals surface area contributed by atoms with E-state index in [9.17, 15) is 4.79 Å². The zero-order valence-electron chi connectivity index (χ0n) is 12.7. The maximum Gasteiger partial charge on any atom is 0.237 e. The Hall–Kier alpha value is -0.870. The van der Waals surface area contributed by atoms with Gasteiger partial charge in [0.2, 0.25) is 5.91 Å². The van der Waals surface area contributed by atoms with Gasteiger partial charge in [-0.3, -0.25) is 10.1 Å². The van der Waals surface area contributed by atoms with Gasteiger partial charge in [-0.15, -0.1) is 0 Å². The van der Waals surface area contributed by atoms with Crippen LogP contribution in [0.5, 0.6) is 0 Å². The Bertz CT molecular complexity index is 432. The van der Waals surface area contributed by atoms with E-state index in [2.05, 4.69) is 59.5 Å². The predicted molar refractivity (Wildman–Crippen MR) is 87.7 cm³/mol. The lowest BCUT2D eigenvalue weighted by molar-refractivity contribution is -0.123. The largest absolute Gasteiger partial charge is 0.352 e. The second-order valence-corrected chi connectivity index (χ2v) is 6.10. The fourth-order valence-corrected chi connectivity index (χ4v) is 2.56. The molecule has 0 saturated carbocycles. The first kappa shape index (κ1) is 17.2. The van der Waals surface area contributed by atoms with Crippen molar-refractivity contribution in [3.8, 4) is 0 Å². The van der Waals surface area contributed by atoms with E-state index in [1.165, 1.54) is 5.56 Å². The highest BCUT2D eigenvalue weighted by atomic mass is 79.9. The van der Waals surface area contributed by atoms with E-state index in [4.69, 9.17) is 0 Å². The summed E-state index contributed by atoms with van der Waals surface area (Å²) in [5.74, 6) is 0.0700. The molecule has 1 aromatic carbocycles. The van der Waals surface area contributed by atoms with Gasteiger partial charge in [0.25, 0.3) is 0 Å². The van der Waals surface area contributed by atoms with Crippen LogP contribution < -0.4 is 10.6 Å². The number of halogens is 1. The Labute approximate surface area is 130 Å². The molecule has 1 unspecified atom stereocenters. The quantitative estimate of drug-likeness (QED) is 0.792. The molecule has 4 heteroatoms. The van der Waals surface area contributed by atoms with Crippen LogP contribution in [0.2, 0.25) is 0 Å². The molecule has 0 aliphatic heterocycles. The molecule has 1 rings (SSSR count). The number of carbonyl (C=O) groups excluding carboxylic acids is 1. The molecular formula is C16H25BrN2O. The molecule has 1 aromatic rings. The summed E-state index contributed by atoms with van der Waals surface area (Å²) in [5.41, 5.74) is 1.17. The lowest BCUT2D eigenvalue weighted by atomic mass is 10.1. The van der Waals surface area contributed by atoms with Crippen LogP contribution >= 0.6 is 15.9 Å². The van der Waals surface area contributed by atoms with Crippen LogP contribution in [-0.2, 0) is 4.79 Å². The van der Waals surface area contributed by atoms with E-state index in [-0.39, 0.29) is 24.0 Å². The third-order valence-electron chi connectivity index (χ3n) is 3.57. The molecule has 1 amide bonds. The van der Waals surface area contributed by atoms with Crippen molar-refractivity contribution in [1.82, 2.24) is 10.6 Å². The molecule has 0 heterocycles. The summed E-state index contributed by atoms with van der Waals surface area (Å²) in [4.78, 5) is 12.1. The van der Waals surface area contributed by atoms with E-state index in [0.29, 0.717) is 0 Å². The number of benzene rings is 1. The van der Waals surface area contributed by atoms with Gasteiger partial charge in [0.15, 0.2) is 0 Å². The molecule has 0 bridgehead atoms. The van der Waals surface area contributed by atoms with Gasteiger partial charge in [-0.05, 0) is 44.4 Å². The molecule has 0 fully saturated rings.